The minimum atomic E-state index is -0.0608. The maximum Gasteiger partial charge on any atom is 0.196 e. The Bertz CT molecular complexity index is 704. The van der Waals surface area contributed by atoms with Crippen molar-refractivity contribution >= 4 is 21.9 Å². The van der Waals surface area contributed by atoms with E-state index >= 15 is 0 Å². The van der Waals surface area contributed by atoms with E-state index < -0.39 is 0 Å². The Kier molecular flexibility index (Phi) is 1.51. The van der Waals surface area contributed by atoms with E-state index in [-0.39, 0.29) is 5.43 Å². The summed E-state index contributed by atoms with van der Waals surface area (Å²) in [6.07, 6.45) is 1.57. The fourth-order valence-electron chi connectivity index (χ4n) is 1.79. The predicted octanol–water partition coefficient (Wildman–Crippen LogP) is 2.85. The van der Waals surface area contributed by atoms with Crippen LogP contribution in [0.4, 0.5) is 0 Å². The molecule has 0 fully saturated rings. The van der Waals surface area contributed by atoms with E-state index in [1.165, 1.54) is 6.07 Å². The Morgan fingerprint density at radius 1 is 1.20 bits per heavy atom. The first-order chi connectivity index (χ1) is 7.25. The van der Waals surface area contributed by atoms with Gasteiger partial charge in [-0.2, -0.15) is 0 Å². The molecule has 0 atom stereocenters. The van der Waals surface area contributed by atoms with Crippen molar-refractivity contribution in [2.24, 2.45) is 0 Å². The fourth-order valence-corrected chi connectivity index (χ4v) is 1.79. The van der Waals surface area contributed by atoms with Gasteiger partial charge in [0.25, 0.3) is 0 Å². The normalized spacial score (nSPS) is 11.3. The van der Waals surface area contributed by atoms with Crippen LogP contribution in [0, 0.1) is 6.92 Å². The van der Waals surface area contributed by atoms with Gasteiger partial charge in [-0.1, -0.05) is 0 Å². The Balaban J connectivity index is 2.68. The van der Waals surface area contributed by atoms with E-state index in [4.69, 9.17) is 8.83 Å². The lowest BCUT2D eigenvalue weighted by Crippen LogP contribution is -2.00. The molecule has 3 heteroatoms. The molecule has 0 N–H and O–H groups in total. The van der Waals surface area contributed by atoms with Gasteiger partial charge in [0.05, 0.1) is 6.26 Å². The molecular weight excluding hydrogens is 192 g/mol. The molecule has 3 rings (SSSR count). The standard InChI is InChI=1S/C12H8O3/c1-7-6-9(13)11-10(15-7)3-2-8-4-5-14-12(8)11/h2-6H,1H3. The highest BCUT2D eigenvalue weighted by atomic mass is 16.3. The van der Waals surface area contributed by atoms with Crippen LogP contribution in [0.15, 0.2) is 44.2 Å². The van der Waals surface area contributed by atoms with Crippen LogP contribution < -0.4 is 5.43 Å². The molecule has 1 aromatic carbocycles. The van der Waals surface area contributed by atoms with Crippen molar-refractivity contribution in [2.75, 3.05) is 0 Å². The van der Waals surface area contributed by atoms with Crippen molar-refractivity contribution in [1.29, 1.82) is 0 Å². The summed E-state index contributed by atoms with van der Waals surface area (Å²) in [5.74, 6) is 0.610. The van der Waals surface area contributed by atoms with Crippen molar-refractivity contribution < 1.29 is 8.83 Å². The van der Waals surface area contributed by atoms with Crippen molar-refractivity contribution in [3.8, 4) is 0 Å². The summed E-state index contributed by atoms with van der Waals surface area (Å²) >= 11 is 0. The number of benzene rings is 1. The number of furan rings is 1. The maximum atomic E-state index is 11.8. The number of rotatable bonds is 0. The molecule has 0 aliphatic heterocycles. The predicted molar refractivity (Wildman–Crippen MR) is 57.0 cm³/mol. The zero-order valence-corrected chi connectivity index (χ0v) is 8.11. The molecule has 2 heterocycles. The van der Waals surface area contributed by atoms with Gasteiger partial charge < -0.3 is 8.83 Å². The van der Waals surface area contributed by atoms with Crippen molar-refractivity contribution in [3.63, 3.8) is 0 Å². The van der Waals surface area contributed by atoms with Gasteiger partial charge in [-0.05, 0) is 25.1 Å². The summed E-state index contributed by atoms with van der Waals surface area (Å²) in [5, 5.41) is 1.43. The highest BCUT2D eigenvalue weighted by Crippen LogP contribution is 2.23. The highest BCUT2D eigenvalue weighted by molar-refractivity contribution is 6.01. The van der Waals surface area contributed by atoms with Crippen molar-refractivity contribution in [2.45, 2.75) is 6.92 Å². The van der Waals surface area contributed by atoms with Crippen LogP contribution in [0.3, 0.4) is 0 Å². The molecule has 0 saturated heterocycles. The first kappa shape index (κ1) is 8.29. The van der Waals surface area contributed by atoms with Crippen LogP contribution in [0.25, 0.3) is 21.9 Å². The summed E-state index contributed by atoms with van der Waals surface area (Å²) in [6, 6.07) is 6.98. The van der Waals surface area contributed by atoms with Gasteiger partial charge in [0.15, 0.2) is 5.43 Å². The van der Waals surface area contributed by atoms with Gasteiger partial charge >= 0.3 is 0 Å². The summed E-state index contributed by atoms with van der Waals surface area (Å²) in [4.78, 5) is 11.8. The first-order valence-corrected chi connectivity index (χ1v) is 4.66. The van der Waals surface area contributed by atoms with E-state index in [0.29, 0.717) is 22.3 Å². The first-order valence-electron chi connectivity index (χ1n) is 4.66. The van der Waals surface area contributed by atoms with Crippen molar-refractivity contribution in [1.82, 2.24) is 0 Å². The second kappa shape index (κ2) is 2.73. The lowest BCUT2D eigenvalue weighted by molar-refractivity contribution is 0.563. The van der Waals surface area contributed by atoms with Gasteiger partial charge in [0.2, 0.25) is 0 Å². The van der Waals surface area contributed by atoms with E-state index in [1.54, 1.807) is 19.3 Å². The molecule has 0 bridgehead atoms. The molecular formula is C12H8O3. The van der Waals surface area contributed by atoms with Crippen LogP contribution >= 0.6 is 0 Å². The largest absolute Gasteiger partial charge is 0.463 e. The molecule has 0 unspecified atom stereocenters. The third-order valence-electron chi connectivity index (χ3n) is 2.44. The molecule has 74 valence electrons. The summed E-state index contributed by atoms with van der Waals surface area (Å²) in [5.41, 5.74) is 1.11. The minimum absolute atomic E-state index is 0.0608. The number of hydrogen-bond acceptors (Lipinski definition) is 3. The van der Waals surface area contributed by atoms with Gasteiger partial charge in [-0.15, -0.1) is 0 Å². The Morgan fingerprint density at radius 2 is 2.07 bits per heavy atom. The van der Waals surface area contributed by atoms with Crippen LogP contribution in [0.1, 0.15) is 5.76 Å². The zero-order valence-electron chi connectivity index (χ0n) is 8.11. The third-order valence-corrected chi connectivity index (χ3v) is 2.44. The smallest absolute Gasteiger partial charge is 0.196 e. The Hall–Kier alpha value is -2.03. The molecule has 3 aromatic rings. The lowest BCUT2D eigenvalue weighted by Gasteiger charge is -1.98. The third kappa shape index (κ3) is 1.09. The molecule has 0 amide bonds. The number of fused-ring (bicyclic) bond motifs is 3. The topological polar surface area (TPSA) is 43.4 Å². The Morgan fingerprint density at radius 3 is 2.93 bits per heavy atom. The second-order valence-electron chi connectivity index (χ2n) is 3.50. The molecule has 0 aliphatic carbocycles. The Labute approximate surface area is 84.9 Å². The zero-order chi connectivity index (χ0) is 10.4. The van der Waals surface area contributed by atoms with Gasteiger partial charge in [0, 0.05) is 11.5 Å². The number of hydrogen-bond donors (Lipinski definition) is 0. The monoisotopic (exact) mass is 200 g/mol. The van der Waals surface area contributed by atoms with Crippen LogP contribution in [0.5, 0.6) is 0 Å². The van der Waals surface area contributed by atoms with E-state index in [0.717, 1.165) is 5.39 Å². The second-order valence-corrected chi connectivity index (χ2v) is 3.50. The molecule has 0 spiro atoms. The van der Waals surface area contributed by atoms with Gasteiger partial charge in [-0.3, -0.25) is 4.79 Å². The van der Waals surface area contributed by atoms with E-state index in [1.807, 2.05) is 12.1 Å². The average molecular weight is 200 g/mol. The molecule has 3 nitrogen and oxygen atoms in total. The van der Waals surface area contributed by atoms with Gasteiger partial charge in [0.1, 0.15) is 22.3 Å². The van der Waals surface area contributed by atoms with Crippen LogP contribution in [-0.4, -0.2) is 0 Å². The quantitative estimate of drug-likeness (QED) is 0.560. The van der Waals surface area contributed by atoms with Crippen molar-refractivity contribution in [3.05, 3.63) is 46.5 Å². The molecule has 0 radical (unpaired) electrons. The lowest BCUT2D eigenvalue weighted by atomic mass is 10.1. The van der Waals surface area contributed by atoms with Crippen LogP contribution in [-0.2, 0) is 0 Å². The molecule has 0 aliphatic rings. The minimum Gasteiger partial charge on any atom is -0.463 e. The fraction of sp³-hybridized carbons (Fsp3) is 0.0833. The van der Waals surface area contributed by atoms with E-state index in [2.05, 4.69) is 0 Å². The average Bonchev–Trinajstić information content (AvgIpc) is 2.63. The highest BCUT2D eigenvalue weighted by Gasteiger charge is 2.08. The maximum absolute atomic E-state index is 11.8. The molecule has 15 heavy (non-hydrogen) atoms. The summed E-state index contributed by atoms with van der Waals surface area (Å²) in [7, 11) is 0. The SMILES string of the molecule is Cc1cc(=O)c2c(ccc3ccoc32)o1. The van der Waals surface area contributed by atoms with Gasteiger partial charge in [-0.25, -0.2) is 0 Å². The molecule has 2 aromatic heterocycles. The van der Waals surface area contributed by atoms with Crippen LogP contribution in [0.2, 0.25) is 0 Å². The summed E-state index contributed by atoms with van der Waals surface area (Å²) < 4.78 is 10.8. The van der Waals surface area contributed by atoms with E-state index in [9.17, 15) is 4.79 Å². The summed E-state index contributed by atoms with van der Waals surface area (Å²) in [6.45, 7) is 1.76. The number of aryl methyl sites for hydroxylation is 1. The molecule has 0 saturated carbocycles.